The maximum absolute atomic E-state index is 12.7. The number of primary amides is 1. The molecule has 0 spiro atoms. The van der Waals surface area contributed by atoms with E-state index in [2.05, 4.69) is 25.3 Å². The van der Waals surface area contributed by atoms with Gasteiger partial charge in [-0.15, -0.1) is 0 Å². The lowest BCUT2D eigenvalue weighted by atomic mass is 10.2. The molecule has 0 aliphatic heterocycles. The molecule has 2 amide bonds. The summed E-state index contributed by atoms with van der Waals surface area (Å²) in [4.78, 5) is 40.3. The van der Waals surface area contributed by atoms with Gasteiger partial charge in [0, 0.05) is 6.20 Å². The highest BCUT2D eigenvalue weighted by molar-refractivity contribution is 6.10. The van der Waals surface area contributed by atoms with Gasteiger partial charge in [-0.3, -0.25) is 19.1 Å². The maximum atomic E-state index is 12.7. The van der Waals surface area contributed by atoms with Crippen molar-refractivity contribution in [1.82, 2.24) is 24.5 Å². The maximum Gasteiger partial charge on any atom is 0.276 e. The fraction of sp³-hybridized carbons (Fsp3) is 0.0556. The molecule has 9 heteroatoms. The molecule has 0 fully saturated rings. The summed E-state index contributed by atoms with van der Waals surface area (Å²) in [5, 5.41) is 2.70. The van der Waals surface area contributed by atoms with Crippen LogP contribution in [0, 0.1) is 6.92 Å². The van der Waals surface area contributed by atoms with Gasteiger partial charge in [-0.2, -0.15) is 0 Å². The molecule has 0 aliphatic rings. The molecule has 3 aromatic heterocycles. The number of fused-ring (bicyclic) bond motifs is 1. The predicted molar refractivity (Wildman–Crippen MR) is 98.7 cm³/mol. The molecule has 1 aromatic carbocycles. The van der Waals surface area contributed by atoms with Gasteiger partial charge in [-0.1, -0.05) is 12.1 Å². The summed E-state index contributed by atoms with van der Waals surface area (Å²) < 4.78 is 1.37. The van der Waals surface area contributed by atoms with Crippen LogP contribution in [-0.4, -0.2) is 36.3 Å². The molecule has 4 rings (SSSR count). The second-order valence-electron chi connectivity index (χ2n) is 5.90. The lowest BCUT2D eigenvalue weighted by Gasteiger charge is -2.07. The van der Waals surface area contributed by atoms with Crippen LogP contribution in [0.3, 0.4) is 0 Å². The van der Waals surface area contributed by atoms with Crippen LogP contribution in [0.25, 0.3) is 17.0 Å². The van der Waals surface area contributed by atoms with Gasteiger partial charge in [0.2, 0.25) is 5.95 Å². The minimum Gasteiger partial charge on any atom is -0.364 e. The van der Waals surface area contributed by atoms with Gasteiger partial charge in [0.05, 0.1) is 22.9 Å². The first-order valence-electron chi connectivity index (χ1n) is 8.09. The van der Waals surface area contributed by atoms with Crippen LogP contribution < -0.4 is 11.1 Å². The van der Waals surface area contributed by atoms with Crippen molar-refractivity contribution in [2.45, 2.75) is 6.92 Å². The standard InChI is InChI=1S/C18H15N7O2/c1-10-6-7-20-8-13(10)22-17(27)14-15(16(19)26)25(9-21-14)18-23-11-4-2-3-5-12(11)24-18/h2-9H,1H3,(H2,19,26)(H,22,27)(H,23,24). The Hall–Kier alpha value is -4.01. The number of carbonyl (C=O) groups is 2. The Labute approximate surface area is 153 Å². The number of imidazole rings is 2. The highest BCUT2D eigenvalue weighted by Gasteiger charge is 2.24. The van der Waals surface area contributed by atoms with E-state index in [4.69, 9.17) is 5.73 Å². The van der Waals surface area contributed by atoms with Crippen LogP contribution in [0.5, 0.6) is 0 Å². The first kappa shape index (κ1) is 16.5. The van der Waals surface area contributed by atoms with Gasteiger partial charge in [-0.05, 0) is 30.7 Å². The molecule has 3 heterocycles. The van der Waals surface area contributed by atoms with E-state index in [1.807, 2.05) is 31.2 Å². The number of amides is 2. The summed E-state index contributed by atoms with van der Waals surface area (Å²) in [5.74, 6) is -1.01. The van der Waals surface area contributed by atoms with Gasteiger partial charge < -0.3 is 16.0 Å². The molecule has 0 saturated heterocycles. The third kappa shape index (κ3) is 2.91. The summed E-state index contributed by atoms with van der Waals surface area (Å²) in [7, 11) is 0. The summed E-state index contributed by atoms with van der Waals surface area (Å²) in [5.41, 5.74) is 8.22. The quantitative estimate of drug-likeness (QED) is 0.510. The number of aryl methyl sites for hydroxylation is 1. The van der Waals surface area contributed by atoms with E-state index in [1.54, 1.807) is 12.3 Å². The molecule has 4 aromatic rings. The number of pyridine rings is 1. The smallest absolute Gasteiger partial charge is 0.276 e. The molecule has 0 bridgehead atoms. The number of benzene rings is 1. The van der Waals surface area contributed by atoms with Crippen LogP contribution in [-0.2, 0) is 0 Å². The first-order valence-corrected chi connectivity index (χ1v) is 8.09. The van der Waals surface area contributed by atoms with Crippen LogP contribution in [0.1, 0.15) is 26.5 Å². The Balaban J connectivity index is 1.75. The van der Waals surface area contributed by atoms with Crippen molar-refractivity contribution >= 4 is 28.5 Å². The van der Waals surface area contributed by atoms with E-state index in [-0.39, 0.29) is 11.4 Å². The van der Waals surface area contributed by atoms with Gasteiger partial charge in [-0.25, -0.2) is 9.97 Å². The molecular weight excluding hydrogens is 346 g/mol. The largest absolute Gasteiger partial charge is 0.364 e. The number of carbonyl (C=O) groups excluding carboxylic acids is 2. The van der Waals surface area contributed by atoms with Crippen molar-refractivity contribution < 1.29 is 9.59 Å². The summed E-state index contributed by atoms with van der Waals surface area (Å²) in [6.45, 7) is 1.83. The van der Waals surface area contributed by atoms with Gasteiger partial charge in [0.15, 0.2) is 5.69 Å². The Morgan fingerprint density at radius 2 is 2.04 bits per heavy atom. The number of nitrogens with zero attached hydrogens (tertiary/aromatic N) is 4. The third-order valence-electron chi connectivity index (χ3n) is 4.11. The summed E-state index contributed by atoms with van der Waals surface area (Å²) >= 11 is 0. The van der Waals surface area contributed by atoms with Crippen molar-refractivity contribution in [3.63, 3.8) is 0 Å². The molecule has 134 valence electrons. The molecule has 0 atom stereocenters. The number of hydrogen-bond acceptors (Lipinski definition) is 5. The van der Waals surface area contributed by atoms with Crippen molar-refractivity contribution in [2.24, 2.45) is 5.73 Å². The van der Waals surface area contributed by atoms with E-state index >= 15 is 0 Å². The number of para-hydroxylation sites is 2. The number of aromatic amines is 1. The average molecular weight is 361 g/mol. The molecule has 0 saturated carbocycles. The zero-order chi connectivity index (χ0) is 19.0. The number of rotatable bonds is 4. The Bertz CT molecular complexity index is 1140. The lowest BCUT2D eigenvalue weighted by molar-refractivity contribution is 0.0970. The molecule has 0 aliphatic carbocycles. The van der Waals surface area contributed by atoms with Crippen molar-refractivity contribution in [2.75, 3.05) is 5.32 Å². The summed E-state index contributed by atoms with van der Waals surface area (Å²) in [6.07, 6.45) is 4.48. The molecule has 9 nitrogen and oxygen atoms in total. The van der Waals surface area contributed by atoms with E-state index in [1.165, 1.54) is 17.1 Å². The van der Waals surface area contributed by atoms with Crippen molar-refractivity contribution in [3.05, 3.63) is 66.0 Å². The number of nitrogens with one attached hydrogen (secondary N) is 2. The minimum absolute atomic E-state index is 0.0619. The number of nitrogens with two attached hydrogens (primary N) is 1. The predicted octanol–water partition coefficient (Wildman–Crippen LogP) is 1.80. The van der Waals surface area contributed by atoms with Gasteiger partial charge in [0.25, 0.3) is 11.8 Å². The van der Waals surface area contributed by atoms with Crippen molar-refractivity contribution in [1.29, 1.82) is 0 Å². The Morgan fingerprint density at radius 3 is 2.78 bits per heavy atom. The second-order valence-corrected chi connectivity index (χ2v) is 5.90. The number of anilines is 1. The van der Waals surface area contributed by atoms with Gasteiger partial charge >= 0.3 is 0 Å². The highest BCUT2D eigenvalue weighted by atomic mass is 16.2. The molecule has 0 radical (unpaired) electrons. The molecule has 4 N–H and O–H groups in total. The Morgan fingerprint density at radius 1 is 1.22 bits per heavy atom. The second kappa shape index (κ2) is 6.37. The van der Waals surface area contributed by atoms with E-state index in [0.29, 0.717) is 17.2 Å². The topological polar surface area (TPSA) is 132 Å². The Kier molecular flexibility index (Phi) is 3.88. The van der Waals surface area contributed by atoms with Crippen LogP contribution in [0.15, 0.2) is 49.1 Å². The average Bonchev–Trinajstić information content (AvgIpc) is 3.27. The number of aromatic nitrogens is 5. The zero-order valence-corrected chi connectivity index (χ0v) is 14.3. The number of H-pyrrole nitrogens is 1. The summed E-state index contributed by atoms with van der Waals surface area (Å²) in [6, 6.07) is 9.16. The molecule has 0 unspecified atom stereocenters. The minimum atomic E-state index is -0.791. The van der Waals surface area contributed by atoms with Crippen LogP contribution >= 0.6 is 0 Å². The van der Waals surface area contributed by atoms with E-state index in [9.17, 15) is 9.59 Å². The SMILES string of the molecule is Cc1ccncc1NC(=O)c1ncn(-c2nc3ccccc3[nH]2)c1C(N)=O. The van der Waals surface area contributed by atoms with E-state index in [0.717, 1.165) is 11.1 Å². The molecular formula is C18H15N7O2. The van der Waals surface area contributed by atoms with Crippen LogP contribution in [0.2, 0.25) is 0 Å². The first-order chi connectivity index (χ1) is 13.0. The molecule has 27 heavy (non-hydrogen) atoms. The highest BCUT2D eigenvalue weighted by Crippen LogP contribution is 2.19. The van der Waals surface area contributed by atoms with Crippen molar-refractivity contribution in [3.8, 4) is 5.95 Å². The van der Waals surface area contributed by atoms with Crippen LogP contribution in [0.4, 0.5) is 5.69 Å². The van der Waals surface area contributed by atoms with Gasteiger partial charge in [0.1, 0.15) is 12.0 Å². The normalized spacial score (nSPS) is 10.9. The van der Waals surface area contributed by atoms with E-state index < -0.39 is 11.8 Å². The third-order valence-corrected chi connectivity index (χ3v) is 4.11. The fourth-order valence-corrected chi connectivity index (χ4v) is 2.74. The fourth-order valence-electron chi connectivity index (χ4n) is 2.74. The number of hydrogen-bond donors (Lipinski definition) is 3. The lowest BCUT2D eigenvalue weighted by Crippen LogP contribution is -2.23. The monoisotopic (exact) mass is 361 g/mol. The zero-order valence-electron chi connectivity index (χ0n) is 14.3.